The Bertz CT molecular complexity index is 836. The summed E-state index contributed by atoms with van der Waals surface area (Å²) in [4.78, 5) is 12.3. The summed E-state index contributed by atoms with van der Waals surface area (Å²) in [6.45, 7) is 4.08. The van der Waals surface area contributed by atoms with Gasteiger partial charge < -0.3 is 5.32 Å². The number of hydrogen-bond acceptors (Lipinski definition) is 1. The van der Waals surface area contributed by atoms with Gasteiger partial charge in [-0.15, -0.1) is 0 Å². The van der Waals surface area contributed by atoms with Crippen molar-refractivity contribution in [3.63, 3.8) is 0 Å². The number of hydrogen-bond donors (Lipinski definition) is 1. The standard InChI is InChI=1S/C20H19NO/c1-14-6-5-9-19(15(14)2)21-20(22)13-16-10-11-17-7-3-4-8-18(17)12-16/h3-12H,13H2,1-2H3,(H,21,22). The highest BCUT2D eigenvalue weighted by Gasteiger charge is 2.07. The van der Waals surface area contributed by atoms with Gasteiger partial charge in [0.15, 0.2) is 0 Å². The van der Waals surface area contributed by atoms with Crippen LogP contribution in [0.25, 0.3) is 10.8 Å². The van der Waals surface area contributed by atoms with Crippen molar-refractivity contribution in [2.45, 2.75) is 20.3 Å². The maximum Gasteiger partial charge on any atom is 0.228 e. The minimum absolute atomic E-state index is 0.0176. The van der Waals surface area contributed by atoms with Crippen LogP contribution in [-0.2, 0) is 11.2 Å². The molecular weight excluding hydrogens is 270 g/mol. The van der Waals surface area contributed by atoms with Crippen LogP contribution in [0.4, 0.5) is 5.69 Å². The van der Waals surface area contributed by atoms with Crippen molar-refractivity contribution in [1.82, 2.24) is 0 Å². The molecular formula is C20H19NO. The molecule has 0 unspecified atom stereocenters. The average Bonchev–Trinajstić information content (AvgIpc) is 2.52. The number of nitrogens with one attached hydrogen (secondary N) is 1. The van der Waals surface area contributed by atoms with Crippen LogP contribution < -0.4 is 5.32 Å². The predicted octanol–water partition coefficient (Wildman–Crippen LogP) is 4.64. The van der Waals surface area contributed by atoms with Crippen LogP contribution in [0.2, 0.25) is 0 Å². The number of carbonyl (C=O) groups excluding carboxylic acids is 1. The Morgan fingerprint density at radius 3 is 2.50 bits per heavy atom. The number of amides is 1. The molecule has 3 aromatic carbocycles. The van der Waals surface area contributed by atoms with Gasteiger partial charge in [-0.25, -0.2) is 0 Å². The topological polar surface area (TPSA) is 29.1 Å². The summed E-state index contributed by atoms with van der Waals surface area (Å²) in [6.07, 6.45) is 0.387. The van der Waals surface area contributed by atoms with Gasteiger partial charge >= 0.3 is 0 Å². The van der Waals surface area contributed by atoms with Gasteiger partial charge in [0.2, 0.25) is 5.91 Å². The first-order valence-corrected chi connectivity index (χ1v) is 7.47. The largest absolute Gasteiger partial charge is 0.326 e. The zero-order valence-corrected chi connectivity index (χ0v) is 12.9. The molecule has 3 aromatic rings. The molecule has 0 spiro atoms. The highest BCUT2D eigenvalue weighted by atomic mass is 16.1. The van der Waals surface area contributed by atoms with Gasteiger partial charge in [0.25, 0.3) is 0 Å². The van der Waals surface area contributed by atoms with Crippen LogP contribution in [0.15, 0.2) is 60.7 Å². The van der Waals surface area contributed by atoms with Crippen molar-refractivity contribution < 1.29 is 4.79 Å². The summed E-state index contributed by atoms with van der Waals surface area (Å²) < 4.78 is 0. The zero-order chi connectivity index (χ0) is 15.5. The van der Waals surface area contributed by atoms with E-state index < -0.39 is 0 Å². The van der Waals surface area contributed by atoms with Gasteiger partial charge in [0.1, 0.15) is 0 Å². The lowest BCUT2D eigenvalue weighted by Gasteiger charge is -2.10. The summed E-state index contributed by atoms with van der Waals surface area (Å²) >= 11 is 0. The maximum atomic E-state index is 12.3. The molecule has 0 aliphatic rings. The fourth-order valence-electron chi connectivity index (χ4n) is 2.62. The van der Waals surface area contributed by atoms with E-state index in [1.165, 1.54) is 16.3 Å². The van der Waals surface area contributed by atoms with Crippen LogP contribution in [0, 0.1) is 13.8 Å². The SMILES string of the molecule is Cc1cccc(NC(=O)Cc2ccc3ccccc3c2)c1C. The van der Waals surface area contributed by atoms with E-state index in [2.05, 4.69) is 29.6 Å². The van der Waals surface area contributed by atoms with Gasteiger partial charge in [-0.1, -0.05) is 54.6 Å². The third-order valence-corrected chi connectivity index (χ3v) is 4.06. The predicted molar refractivity (Wildman–Crippen MR) is 92.2 cm³/mol. The first-order valence-electron chi connectivity index (χ1n) is 7.47. The molecule has 22 heavy (non-hydrogen) atoms. The van der Waals surface area contributed by atoms with Crippen LogP contribution >= 0.6 is 0 Å². The summed E-state index contributed by atoms with van der Waals surface area (Å²) in [5.41, 5.74) is 4.23. The fourth-order valence-corrected chi connectivity index (χ4v) is 2.62. The Morgan fingerprint density at radius 1 is 0.909 bits per heavy atom. The Kier molecular flexibility index (Phi) is 3.92. The Balaban J connectivity index is 1.76. The molecule has 1 N–H and O–H groups in total. The monoisotopic (exact) mass is 289 g/mol. The van der Waals surface area contributed by atoms with E-state index in [0.717, 1.165) is 16.8 Å². The van der Waals surface area contributed by atoms with Crippen LogP contribution in [0.5, 0.6) is 0 Å². The van der Waals surface area contributed by atoms with Crippen molar-refractivity contribution >= 4 is 22.4 Å². The quantitative estimate of drug-likeness (QED) is 0.748. The van der Waals surface area contributed by atoms with E-state index in [9.17, 15) is 4.79 Å². The molecule has 2 nitrogen and oxygen atoms in total. The Morgan fingerprint density at radius 2 is 1.68 bits per heavy atom. The smallest absolute Gasteiger partial charge is 0.228 e. The summed E-state index contributed by atoms with van der Waals surface area (Å²) in [7, 11) is 0. The minimum atomic E-state index is 0.0176. The van der Waals surface area contributed by atoms with Crippen molar-refractivity contribution in [1.29, 1.82) is 0 Å². The van der Waals surface area contributed by atoms with Gasteiger partial charge in [-0.05, 0) is 47.4 Å². The first kappa shape index (κ1) is 14.3. The molecule has 3 rings (SSSR count). The molecule has 0 aliphatic heterocycles. The number of benzene rings is 3. The maximum absolute atomic E-state index is 12.3. The molecule has 0 aliphatic carbocycles. The minimum Gasteiger partial charge on any atom is -0.326 e. The van der Waals surface area contributed by atoms with Gasteiger partial charge in [-0.3, -0.25) is 4.79 Å². The van der Waals surface area contributed by atoms with Gasteiger partial charge in [0, 0.05) is 5.69 Å². The molecule has 0 fully saturated rings. The second-order valence-corrected chi connectivity index (χ2v) is 5.65. The van der Waals surface area contributed by atoms with E-state index in [1.807, 2.05) is 50.2 Å². The lowest BCUT2D eigenvalue weighted by Crippen LogP contribution is -2.15. The van der Waals surface area contributed by atoms with Crippen molar-refractivity contribution in [2.75, 3.05) is 5.32 Å². The van der Waals surface area contributed by atoms with Crippen molar-refractivity contribution in [2.24, 2.45) is 0 Å². The zero-order valence-electron chi connectivity index (χ0n) is 12.9. The number of rotatable bonds is 3. The van der Waals surface area contributed by atoms with Crippen molar-refractivity contribution in [3.8, 4) is 0 Å². The normalized spacial score (nSPS) is 10.6. The van der Waals surface area contributed by atoms with E-state index in [1.54, 1.807) is 0 Å². The number of fused-ring (bicyclic) bond motifs is 1. The molecule has 0 heterocycles. The Hall–Kier alpha value is -2.61. The third-order valence-electron chi connectivity index (χ3n) is 4.06. The molecule has 110 valence electrons. The van der Waals surface area contributed by atoms with Crippen LogP contribution in [0.1, 0.15) is 16.7 Å². The number of aryl methyl sites for hydroxylation is 1. The highest BCUT2D eigenvalue weighted by Crippen LogP contribution is 2.19. The summed E-state index contributed by atoms with van der Waals surface area (Å²) in [6, 6.07) is 20.3. The van der Waals surface area contributed by atoms with Gasteiger partial charge in [-0.2, -0.15) is 0 Å². The second-order valence-electron chi connectivity index (χ2n) is 5.65. The summed E-state index contributed by atoms with van der Waals surface area (Å²) in [5.74, 6) is 0.0176. The Labute approximate surface area is 130 Å². The molecule has 0 bridgehead atoms. The molecule has 0 saturated heterocycles. The fraction of sp³-hybridized carbons (Fsp3) is 0.150. The van der Waals surface area contributed by atoms with E-state index in [4.69, 9.17) is 0 Å². The van der Waals surface area contributed by atoms with Crippen molar-refractivity contribution in [3.05, 3.63) is 77.4 Å². The lowest BCUT2D eigenvalue weighted by atomic mass is 10.0. The summed E-state index contributed by atoms with van der Waals surface area (Å²) in [5, 5.41) is 5.37. The molecule has 0 aromatic heterocycles. The third kappa shape index (κ3) is 3.01. The molecule has 0 atom stereocenters. The second kappa shape index (κ2) is 6.02. The average molecular weight is 289 g/mol. The number of carbonyl (C=O) groups is 1. The number of anilines is 1. The van der Waals surface area contributed by atoms with Gasteiger partial charge in [0.05, 0.1) is 6.42 Å². The van der Waals surface area contributed by atoms with E-state index in [0.29, 0.717) is 6.42 Å². The highest BCUT2D eigenvalue weighted by molar-refractivity contribution is 5.94. The van der Waals surface area contributed by atoms with E-state index >= 15 is 0 Å². The van der Waals surface area contributed by atoms with Crippen LogP contribution in [-0.4, -0.2) is 5.91 Å². The van der Waals surface area contributed by atoms with E-state index in [-0.39, 0.29) is 5.91 Å². The lowest BCUT2D eigenvalue weighted by molar-refractivity contribution is -0.115. The molecule has 2 heteroatoms. The molecule has 1 amide bonds. The first-order chi connectivity index (χ1) is 10.6. The van der Waals surface area contributed by atoms with Crippen LogP contribution in [0.3, 0.4) is 0 Å². The molecule has 0 saturated carbocycles. The molecule has 0 radical (unpaired) electrons.